The highest BCUT2D eigenvalue weighted by molar-refractivity contribution is 8.13. The van der Waals surface area contributed by atoms with Crippen molar-refractivity contribution in [2.75, 3.05) is 0 Å². The molecule has 1 aromatic carbocycles. The second-order valence-corrected chi connectivity index (χ2v) is 8.15. The first kappa shape index (κ1) is 21.1. The smallest absolute Gasteiger partial charge is 0.433 e. The quantitative estimate of drug-likeness (QED) is 0.390. The molecule has 0 atom stereocenters. The zero-order valence-electron chi connectivity index (χ0n) is 13.7. The van der Waals surface area contributed by atoms with E-state index < -0.39 is 43.7 Å². The molecule has 0 fully saturated rings. The first-order chi connectivity index (χ1) is 13.2. The Kier molecular flexibility index (Phi) is 5.11. The average molecular weight is 457 g/mol. The van der Waals surface area contributed by atoms with Gasteiger partial charge in [0.2, 0.25) is 5.88 Å². The summed E-state index contributed by atoms with van der Waals surface area (Å²) in [5, 5.41) is -0.638. The fourth-order valence-electron chi connectivity index (χ4n) is 2.31. The predicted molar refractivity (Wildman–Crippen MR) is 89.1 cm³/mol. The Morgan fingerprint density at radius 3 is 2.00 bits per heavy atom. The van der Waals surface area contributed by atoms with Gasteiger partial charge < -0.3 is 4.74 Å². The SMILES string of the molecule is O=S(=O)(Cl)c1ccc(Oc2ccc3c(C(F)(F)F)cc(C(F)(F)F)nc3n2)cc1. The maximum atomic E-state index is 13.2. The summed E-state index contributed by atoms with van der Waals surface area (Å²) in [6.07, 6.45) is -10.2. The van der Waals surface area contributed by atoms with E-state index in [0.717, 1.165) is 24.3 Å². The van der Waals surface area contributed by atoms with Crippen LogP contribution in [0.5, 0.6) is 11.6 Å². The van der Waals surface area contributed by atoms with Crippen molar-refractivity contribution in [1.82, 2.24) is 9.97 Å². The van der Waals surface area contributed by atoms with E-state index in [1.807, 2.05) is 0 Å². The second-order valence-electron chi connectivity index (χ2n) is 5.58. The lowest BCUT2D eigenvalue weighted by molar-refractivity contribution is -0.144. The number of benzene rings is 1. The Morgan fingerprint density at radius 1 is 0.862 bits per heavy atom. The molecule has 5 nitrogen and oxygen atoms in total. The molecule has 0 radical (unpaired) electrons. The molecular weight excluding hydrogens is 450 g/mol. The van der Waals surface area contributed by atoms with E-state index in [-0.39, 0.29) is 22.6 Å². The van der Waals surface area contributed by atoms with E-state index in [2.05, 4.69) is 9.97 Å². The maximum absolute atomic E-state index is 13.2. The number of rotatable bonds is 3. The molecular formula is C16H7ClF6N2O3S. The number of ether oxygens (including phenoxy) is 1. The van der Waals surface area contributed by atoms with Crippen LogP contribution in [0.15, 0.2) is 47.4 Å². The maximum Gasteiger partial charge on any atom is 0.433 e. The summed E-state index contributed by atoms with van der Waals surface area (Å²) in [4.78, 5) is 6.54. The molecule has 0 aliphatic rings. The van der Waals surface area contributed by atoms with E-state index in [1.54, 1.807) is 0 Å². The third-order valence-corrected chi connectivity index (χ3v) is 4.94. The Hall–Kier alpha value is -2.60. The minimum absolute atomic E-state index is 0.0175. The van der Waals surface area contributed by atoms with Crippen LogP contribution in [0.25, 0.3) is 11.0 Å². The van der Waals surface area contributed by atoms with E-state index in [4.69, 9.17) is 15.4 Å². The van der Waals surface area contributed by atoms with Crippen LogP contribution in [-0.4, -0.2) is 18.4 Å². The first-order valence-corrected chi connectivity index (χ1v) is 9.75. The molecule has 0 bridgehead atoms. The van der Waals surface area contributed by atoms with Gasteiger partial charge >= 0.3 is 12.4 Å². The lowest BCUT2D eigenvalue weighted by Crippen LogP contribution is -2.14. The Labute approximate surface area is 163 Å². The van der Waals surface area contributed by atoms with E-state index in [9.17, 15) is 34.8 Å². The van der Waals surface area contributed by atoms with Gasteiger partial charge in [0.25, 0.3) is 9.05 Å². The zero-order valence-corrected chi connectivity index (χ0v) is 15.3. The fourth-order valence-corrected chi connectivity index (χ4v) is 3.08. The van der Waals surface area contributed by atoms with Gasteiger partial charge in [0.05, 0.1) is 10.5 Å². The van der Waals surface area contributed by atoms with Gasteiger partial charge in [0.15, 0.2) is 5.65 Å². The summed E-state index contributed by atoms with van der Waals surface area (Å²) < 4.78 is 106. The number of pyridine rings is 2. The number of aromatic nitrogens is 2. The van der Waals surface area contributed by atoms with Crippen molar-refractivity contribution in [1.29, 1.82) is 0 Å². The van der Waals surface area contributed by atoms with Gasteiger partial charge in [-0.25, -0.2) is 13.4 Å². The molecule has 0 unspecified atom stereocenters. The highest BCUT2D eigenvalue weighted by atomic mass is 35.7. The second kappa shape index (κ2) is 7.02. The Balaban J connectivity index is 2.05. The van der Waals surface area contributed by atoms with Crippen LogP contribution in [0.4, 0.5) is 26.3 Å². The number of halogens is 7. The van der Waals surface area contributed by atoms with Gasteiger partial charge in [-0.15, -0.1) is 0 Å². The van der Waals surface area contributed by atoms with Gasteiger partial charge in [-0.05, 0) is 36.4 Å². The van der Waals surface area contributed by atoms with Crippen LogP contribution >= 0.6 is 10.7 Å². The minimum atomic E-state index is -5.12. The van der Waals surface area contributed by atoms with E-state index in [0.29, 0.717) is 0 Å². The van der Waals surface area contributed by atoms with Crippen LogP contribution in [0, 0.1) is 0 Å². The molecule has 29 heavy (non-hydrogen) atoms. The monoisotopic (exact) mass is 456 g/mol. The minimum Gasteiger partial charge on any atom is -0.439 e. The van der Waals surface area contributed by atoms with Crippen LogP contribution in [0.1, 0.15) is 11.3 Å². The van der Waals surface area contributed by atoms with Crippen molar-refractivity contribution in [2.24, 2.45) is 0 Å². The van der Waals surface area contributed by atoms with Crippen molar-refractivity contribution < 1.29 is 39.5 Å². The molecule has 0 aliphatic carbocycles. The summed E-state index contributed by atoms with van der Waals surface area (Å²) in [5.41, 5.74) is -4.10. The van der Waals surface area contributed by atoms with Crippen molar-refractivity contribution >= 4 is 30.8 Å². The highest BCUT2D eigenvalue weighted by Gasteiger charge is 2.39. The van der Waals surface area contributed by atoms with Crippen LogP contribution in [0.3, 0.4) is 0 Å². The topological polar surface area (TPSA) is 69.2 Å². The lowest BCUT2D eigenvalue weighted by Gasteiger charge is -2.14. The molecule has 3 rings (SSSR count). The van der Waals surface area contributed by atoms with Gasteiger partial charge in [0, 0.05) is 22.1 Å². The summed E-state index contributed by atoms with van der Waals surface area (Å²) in [7, 11) is 1.19. The average Bonchev–Trinajstić information content (AvgIpc) is 2.58. The molecule has 0 saturated heterocycles. The van der Waals surface area contributed by atoms with Crippen molar-refractivity contribution in [2.45, 2.75) is 17.2 Å². The third kappa shape index (κ3) is 4.70. The Morgan fingerprint density at radius 2 is 1.48 bits per heavy atom. The van der Waals surface area contributed by atoms with Crippen LogP contribution in [0.2, 0.25) is 0 Å². The van der Waals surface area contributed by atoms with Crippen LogP contribution < -0.4 is 4.74 Å². The molecule has 2 heterocycles. The van der Waals surface area contributed by atoms with Gasteiger partial charge in [0.1, 0.15) is 11.4 Å². The molecule has 0 N–H and O–H groups in total. The van der Waals surface area contributed by atoms with Crippen molar-refractivity contribution in [3.05, 3.63) is 53.7 Å². The Bertz CT molecular complexity index is 1180. The molecule has 0 saturated carbocycles. The summed E-state index contributed by atoms with van der Waals surface area (Å²) >= 11 is 0. The lowest BCUT2D eigenvalue weighted by atomic mass is 10.1. The summed E-state index contributed by atoms with van der Waals surface area (Å²) in [6.45, 7) is 0. The molecule has 0 spiro atoms. The predicted octanol–water partition coefficient (Wildman–Crippen LogP) is 5.39. The molecule has 154 valence electrons. The number of nitrogens with zero attached hydrogens (tertiary/aromatic N) is 2. The summed E-state index contributed by atoms with van der Waals surface area (Å²) in [5.74, 6) is -0.331. The number of hydrogen-bond acceptors (Lipinski definition) is 5. The highest BCUT2D eigenvalue weighted by Crippen LogP contribution is 2.38. The molecule has 13 heteroatoms. The van der Waals surface area contributed by atoms with E-state index in [1.165, 1.54) is 12.1 Å². The largest absolute Gasteiger partial charge is 0.439 e. The van der Waals surface area contributed by atoms with Crippen molar-refractivity contribution in [3.63, 3.8) is 0 Å². The summed E-state index contributed by atoms with van der Waals surface area (Å²) in [6, 6.07) is 6.37. The van der Waals surface area contributed by atoms with Gasteiger partial charge in [-0.2, -0.15) is 31.3 Å². The van der Waals surface area contributed by atoms with Gasteiger partial charge in [-0.3, -0.25) is 0 Å². The molecule has 2 aromatic heterocycles. The standard InChI is InChI=1S/C16H7ClF6N2O3S/c17-29(26,27)9-3-1-8(2-4-9)28-13-6-5-10-11(15(18,19)20)7-12(16(21,22)23)24-14(10)25-13/h1-7H. The molecule has 3 aromatic rings. The van der Waals surface area contributed by atoms with Gasteiger partial charge in [-0.1, -0.05) is 0 Å². The molecule has 0 amide bonds. The van der Waals surface area contributed by atoms with E-state index >= 15 is 0 Å². The molecule has 0 aliphatic heterocycles. The number of fused-ring (bicyclic) bond motifs is 1. The van der Waals surface area contributed by atoms with Crippen LogP contribution in [-0.2, 0) is 21.4 Å². The normalized spacial score (nSPS) is 12.9. The number of alkyl halides is 6. The van der Waals surface area contributed by atoms with Crippen molar-refractivity contribution in [3.8, 4) is 11.6 Å². The third-order valence-electron chi connectivity index (χ3n) is 3.57. The first-order valence-electron chi connectivity index (χ1n) is 7.44. The fraction of sp³-hybridized carbons (Fsp3) is 0.125. The zero-order chi connectivity index (χ0) is 21.6. The number of hydrogen-bond donors (Lipinski definition) is 0.